The van der Waals surface area contributed by atoms with E-state index in [0.29, 0.717) is 17.5 Å². The van der Waals surface area contributed by atoms with Crippen LogP contribution in [0.1, 0.15) is 37.3 Å². The van der Waals surface area contributed by atoms with Crippen LogP contribution in [0, 0.1) is 6.92 Å². The van der Waals surface area contributed by atoms with Gasteiger partial charge in [0.1, 0.15) is 5.75 Å². The molecule has 1 aliphatic rings. The number of carbonyl (C=O) groups excluding carboxylic acids is 1. The molecule has 0 aromatic heterocycles. The van der Waals surface area contributed by atoms with E-state index in [-0.39, 0.29) is 5.91 Å². The average Bonchev–Trinajstić information content (AvgIpc) is 2.91. The Balaban J connectivity index is 2.01. The van der Waals surface area contributed by atoms with Crippen LogP contribution in [0.5, 0.6) is 5.75 Å². The Hall–Kier alpha value is -1.82. The first kappa shape index (κ1) is 16.5. The second-order valence-corrected chi connectivity index (χ2v) is 6.05. The highest BCUT2D eigenvalue weighted by atomic mass is 32.2. The van der Waals surface area contributed by atoms with Crippen LogP contribution in [0.3, 0.4) is 0 Å². The van der Waals surface area contributed by atoms with Gasteiger partial charge in [0.2, 0.25) is 5.91 Å². The van der Waals surface area contributed by atoms with Crippen molar-refractivity contribution >= 4 is 29.1 Å². The molecule has 0 aliphatic carbocycles. The lowest BCUT2D eigenvalue weighted by atomic mass is 10.1. The number of hydrogen-bond acceptors (Lipinski definition) is 5. The van der Waals surface area contributed by atoms with Crippen molar-refractivity contribution in [2.45, 2.75) is 33.1 Å². The average molecular weight is 319 g/mol. The van der Waals surface area contributed by atoms with E-state index in [1.54, 1.807) is 6.21 Å². The molecule has 1 aromatic rings. The van der Waals surface area contributed by atoms with Gasteiger partial charge in [-0.25, -0.2) is 0 Å². The van der Waals surface area contributed by atoms with Gasteiger partial charge in [-0.3, -0.25) is 4.79 Å². The number of amides is 1. The third-order valence-electron chi connectivity index (χ3n) is 3.10. The van der Waals surface area contributed by atoms with E-state index >= 15 is 0 Å². The summed E-state index contributed by atoms with van der Waals surface area (Å²) in [6.07, 6.45) is 5.05. The SMILES string of the molecule is CCCCCOc1ccc(C)cc1C=NN=C1NC(=O)CS1. The van der Waals surface area contributed by atoms with Crippen molar-refractivity contribution in [3.05, 3.63) is 29.3 Å². The molecule has 0 saturated carbocycles. The van der Waals surface area contributed by atoms with Gasteiger partial charge in [0.05, 0.1) is 18.6 Å². The van der Waals surface area contributed by atoms with E-state index in [4.69, 9.17) is 4.74 Å². The van der Waals surface area contributed by atoms with Gasteiger partial charge in [0.15, 0.2) is 5.17 Å². The Bertz CT molecular complexity index is 585. The molecule has 2 rings (SSSR count). The zero-order valence-electron chi connectivity index (χ0n) is 13.0. The van der Waals surface area contributed by atoms with Crippen molar-refractivity contribution in [1.29, 1.82) is 0 Å². The number of nitrogens with zero attached hydrogens (tertiary/aromatic N) is 2. The standard InChI is InChI=1S/C16H21N3O2S/c1-3-4-5-8-21-14-7-6-12(2)9-13(14)10-17-19-16-18-15(20)11-22-16/h6-7,9-10H,3-5,8,11H2,1-2H3,(H,18,19,20). The number of aryl methyl sites for hydroxylation is 1. The molecule has 1 aliphatic heterocycles. The van der Waals surface area contributed by atoms with Crippen molar-refractivity contribution in [2.24, 2.45) is 10.2 Å². The smallest absolute Gasteiger partial charge is 0.236 e. The Labute approximate surface area is 135 Å². The highest BCUT2D eigenvalue weighted by molar-refractivity contribution is 8.15. The molecule has 0 spiro atoms. The third-order valence-corrected chi connectivity index (χ3v) is 3.97. The molecule has 1 N–H and O–H groups in total. The molecule has 1 fully saturated rings. The van der Waals surface area contributed by atoms with Gasteiger partial charge in [0, 0.05) is 5.56 Å². The Morgan fingerprint density at radius 1 is 1.41 bits per heavy atom. The molecule has 1 aromatic carbocycles. The fourth-order valence-electron chi connectivity index (χ4n) is 1.96. The lowest BCUT2D eigenvalue weighted by Crippen LogP contribution is -2.19. The maximum absolute atomic E-state index is 11.1. The third kappa shape index (κ3) is 5.18. The molecule has 6 heteroatoms. The van der Waals surface area contributed by atoms with Gasteiger partial charge in [0.25, 0.3) is 0 Å². The number of carbonyl (C=O) groups is 1. The maximum atomic E-state index is 11.1. The first-order chi connectivity index (χ1) is 10.7. The van der Waals surface area contributed by atoms with Crippen LogP contribution in [0.15, 0.2) is 28.4 Å². The van der Waals surface area contributed by atoms with Gasteiger partial charge >= 0.3 is 0 Å². The Morgan fingerprint density at radius 3 is 3.00 bits per heavy atom. The van der Waals surface area contributed by atoms with Crippen molar-refractivity contribution in [3.8, 4) is 5.75 Å². The minimum atomic E-state index is -0.0329. The van der Waals surface area contributed by atoms with Crippen molar-refractivity contribution < 1.29 is 9.53 Å². The van der Waals surface area contributed by atoms with Gasteiger partial charge in [-0.2, -0.15) is 5.10 Å². The van der Waals surface area contributed by atoms with Crippen LogP contribution >= 0.6 is 11.8 Å². The van der Waals surface area contributed by atoms with E-state index in [0.717, 1.165) is 23.3 Å². The number of unbranched alkanes of at least 4 members (excludes halogenated alkanes) is 2. The van der Waals surface area contributed by atoms with E-state index < -0.39 is 0 Å². The lowest BCUT2D eigenvalue weighted by molar-refractivity contribution is -0.116. The van der Waals surface area contributed by atoms with Gasteiger partial charge < -0.3 is 10.1 Å². The van der Waals surface area contributed by atoms with Crippen LogP contribution in [-0.2, 0) is 4.79 Å². The van der Waals surface area contributed by atoms with Gasteiger partial charge in [-0.05, 0) is 25.5 Å². The van der Waals surface area contributed by atoms with E-state index in [2.05, 4.69) is 22.4 Å². The summed E-state index contributed by atoms with van der Waals surface area (Å²) in [5.74, 6) is 1.19. The fraction of sp³-hybridized carbons (Fsp3) is 0.438. The first-order valence-electron chi connectivity index (χ1n) is 7.46. The molecule has 1 heterocycles. The summed E-state index contributed by atoms with van der Waals surface area (Å²) in [4.78, 5) is 11.1. The predicted octanol–water partition coefficient (Wildman–Crippen LogP) is 3.12. The van der Waals surface area contributed by atoms with Crippen LogP contribution < -0.4 is 10.1 Å². The fourth-order valence-corrected chi connectivity index (χ4v) is 2.59. The number of benzene rings is 1. The molecular weight excluding hydrogens is 298 g/mol. The van der Waals surface area contributed by atoms with Gasteiger partial charge in [-0.15, -0.1) is 5.10 Å². The van der Waals surface area contributed by atoms with Crippen LogP contribution in [0.2, 0.25) is 0 Å². The molecule has 118 valence electrons. The number of rotatable bonds is 7. The second-order valence-electron chi connectivity index (χ2n) is 5.08. The molecule has 1 saturated heterocycles. The number of nitrogens with one attached hydrogen (secondary N) is 1. The highest BCUT2D eigenvalue weighted by Gasteiger charge is 2.15. The van der Waals surface area contributed by atoms with Crippen molar-refractivity contribution in [2.75, 3.05) is 12.4 Å². The largest absolute Gasteiger partial charge is 0.493 e. The Kier molecular flexibility index (Phi) is 6.45. The number of hydrogen-bond donors (Lipinski definition) is 1. The maximum Gasteiger partial charge on any atom is 0.236 e. The zero-order valence-corrected chi connectivity index (χ0v) is 13.8. The minimum Gasteiger partial charge on any atom is -0.493 e. The summed E-state index contributed by atoms with van der Waals surface area (Å²) in [5.41, 5.74) is 2.04. The quantitative estimate of drug-likeness (QED) is 0.477. The second kappa shape index (κ2) is 8.58. The molecule has 5 nitrogen and oxygen atoms in total. The summed E-state index contributed by atoms with van der Waals surface area (Å²) < 4.78 is 5.82. The molecule has 0 atom stereocenters. The molecule has 22 heavy (non-hydrogen) atoms. The normalized spacial score (nSPS) is 16.5. The van der Waals surface area contributed by atoms with Crippen molar-refractivity contribution in [1.82, 2.24) is 5.32 Å². The summed E-state index contributed by atoms with van der Waals surface area (Å²) in [6, 6.07) is 5.99. The first-order valence-corrected chi connectivity index (χ1v) is 8.44. The Morgan fingerprint density at radius 2 is 2.27 bits per heavy atom. The summed E-state index contributed by atoms with van der Waals surface area (Å²) in [7, 11) is 0. The monoisotopic (exact) mass is 319 g/mol. The lowest BCUT2D eigenvalue weighted by Gasteiger charge is -2.09. The summed E-state index contributed by atoms with van der Waals surface area (Å²) in [6.45, 7) is 4.90. The number of thioether (sulfide) groups is 1. The van der Waals surface area contributed by atoms with Gasteiger partial charge in [-0.1, -0.05) is 43.2 Å². The molecule has 0 bridgehead atoms. The topological polar surface area (TPSA) is 63.1 Å². The number of amidine groups is 1. The summed E-state index contributed by atoms with van der Waals surface area (Å²) in [5, 5.41) is 11.2. The van der Waals surface area contributed by atoms with E-state index in [1.165, 1.54) is 24.6 Å². The summed E-state index contributed by atoms with van der Waals surface area (Å²) >= 11 is 1.36. The molecule has 1 amide bonds. The van der Waals surface area contributed by atoms with E-state index in [9.17, 15) is 4.79 Å². The minimum absolute atomic E-state index is 0.0329. The molecular formula is C16H21N3O2S. The van der Waals surface area contributed by atoms with Crippen LogP contribution in [0.4, 0.5) is 0 Å². The molecule has 0 unspecified atom stereocenters. The van der Waals surface area contributed by atoms with Crippen molar-refractivity contribution in [3.63, 3.8) is 0 Å². The highest BCUT2D eigenvalue weighted by Crippen LogP contribution is 2.19. The van der Waals surface area contributed by atoms with E-state index in [1.807, 2.05) is 25.1 Å². The number of ether oxygens (including phenoxy) is 1. The zero-order chi connectivity index (χ0) is 15.8. The molecule has 0 radical (unpaired) electrons. The van der Waals surface area contributed by atoms with Crippen LogP contribution in [0.25, 0.3) is 0 Å². The predicted molar refractivity (Wildman–Crippen MR) is 91.8 cm³/mol. The van der Waals surface area contributed by atoms with Crippen LogP contribution in [-0.4, -0.2) is 29.6 Å².